The lowest BCUT2D eigenvalue weighted by atomic mass is 10.2. The normalized spacial score (nSPS) is 10.2. The van der Waals surface area contributed by atoms with Crippen LogP contribution < -0.4 is 14.8 Å². The Morgan fingerprint density at radius 3 is 2.84 bits per heavy atom. The molecular formula is C15H23NO3. The smallest absolute Gasteiger partial charge is 0.166 e. The van der Waals surface area contributed by atoms with E-state index < -0.39 is 0 Å². The summed E-state index contributed by atoms with van der Waals surface area (Å²) in [5, 5.41) is 3.36. The van der Waals surface area contributed by atoms with E-state index in [-0.39, 0.29) is 0 Å². The fraction of sp³-hybridized carbons (Fsp3) is 0.467. The first-order valence-electron chi connectivity index (χ1n) is 6.42. The zero-order valence-electron chi connectivity index (χ0n) is 11.8. The molecule has 0 unspecified atom stereocenters. The van der Waals surface area contributed by atoms with Gasteiger partial charge in [0.2, 0.25) is 0 Å². The number of nitrogens with one attached hydrogen (secondary N) is 1. The van der Waals surface area contributed by atoms with Crippen LogP contribution in [0.1, 0.15) is 12.0 Å². The van der Waals surface area contributed by atoms with Crippen LogP contribution in [0.15, 0.2) is 30.9 Å². The molecule has 0 heterocycles. The molecule has 4 nitrogen and oxygen atoms in total. The maximum absolute atomic E-state index is 5.68. The second-order valence-electron chi connectivity index (χ2n) is 4.07. The Bertz CT molecular complexity index is 380. The van der Waals surface area contributed by atoms with Crippen LogP contribution in [0.2, 0.25) is 0 Å². The average molecular weight is 265 g/mol. The molecule has 19 heavy (non-hydrogen) atoms. The fourth-order valence-corrected chi connectivity index (χ4v) is 1.73. The molecule has 0 fully saturated rings. The molecule has 0 aliphatic heterocycles. The minimum atomic E-state index is 0.469. The summed E-state index contributed by atoms with van der Waals surface area (Å²) in [6.07, 6.45) is 2.71. The predicted molar refractivity (Wildman–Crippen MR) is 76.9 cm³/mol. The van der Waals surface area contributed by atoms with E-state index in [4.69, 9.17) is 14.2 Å². The van der Waals surface area contributed by atoms with E-state index in [1.165, 1.54) is 0 Å². The van der Waals surface area contributed by atoms with Crippen LogP contribution in [0, 0.1) is 0 Å². The van der Waals surface area contributed by atoms with Crippen LogP contribution in [0.5, 0.6) is 11.5 Å². The van der Waals surface area contributed by atoms with E-state index >= 15 is 0 Å². The predicted octanol–water partition coefficient (Wildman–Crippen LogP) is 2.39. The summed E-state index contributed by atoms with van der Waals surface area (Å²) in [4.78, 5) is 0. The van der Waals surface area contributed by atoms with Crippen molar-refractivity contribution in [2.45, 2.75) is 13.0 Å². The van der Waals surface area contributed by atoms with E-state index in [1.54, 1.807) is 20.3 Å². The molecule has 0 saturated carbocycles. The third-order valence-corrected chi connectivity index (χ3v) is 2.64. The Labute approximate surface area is 115 Å². The Balaban J connectivity index is 2.61. The van der Waals surface area contributed by atoms with E-state index in [2.05, 4.69) is 11.9 Å². The maximum Gasteiger partial charge on any atom is 0.166 e. The van der Waals surface area contributed by atoms with Crippen molar-refractivity contribution in [1.29, 1.82) is 0 Å². The van der Waals surface area contributed by atoms with Crippen molar-refractivity contribution in [3.63, 3.8) is 0 Å². The van der Waals surface area contributed by atoms with E-state index in [0.29, 0.717) is 6.61 Å². The zero-order chi connectivity index (χ0) is 13.9. The molecule has 106 valence electrons. The molecule has 0 amide bonds. The van der Waals surface area contributed by atoms with Gasteiger partial charge in [-0.25, -0.2) is 0 Å². The van der Waals surface area contributed by atoms with Gasteiger partial charge in [-0.2, -0.15) is 0 Å². The molecule has 0 aliphatic rings. The molecule has 1 aromatic carbocycles. The van der Waals surface area contributed by atoms with Crippen molar-refractivity contribution in [2.75, 3.05) is 34.0 Å². The van der Waals surface area contributed by atoms with Crippen molar-refractivity contribution >= 4 is 0 Å². The molecule has 0 atom stereocenters. The number of para-hydroxylation sites is 1. The van der Waals surface area contributed by atoms with Gasteiger partial charge in [0, 0.05) is 25.8 Å². The minimum absolute atomic E-state index is 0.469. The Hall–Kier alpha value is -1.52. The molecule has 0 spiro atoms. The van der Waals surface area contributed by atoms with Crippen LogP contribution in [0.3, 0.4) is 0 Å². The molecular weight excluding hydrogens is 242 g/mol. The molecule has 0 radical (unpaired) electrons. The molecule has 1 rings (SSSR count). The molecule has 1 aromatic rings. The number of hydrogen-bond donors (Lipinski definition) is 1. The minimum Gasteiger partial charge on any atom is -0.493 e. The SMILES string of the molecule is C=CCOc1c(CNCCCOC)cccc1OC. The largest absolute Gasteiger partial charge is 0.493 e. The lowest BCUT2D eigenvalue weighted by molar-refractivity contribution is 0.194. The van der Waals surface area contributed by atoms with Crippen LogP contribution in [-0.4, -0.2) is 34.0 Å². The molecule has 0 aromatic heterocycles. The first-order valence-corrected chi connectivity index (χ1v) is 6.42. The Morgan fingerprint density at radius 2 is 2.16 bits per heavy atom. The summed E-state index contributed by atoms with van der Waals surface area (Å²) in [6, 6.07) is 5.89. The van der Waals surface area contributed by atoms with E-state index in [9.17, 15) is 0 Å². The highest BCUT2D eigenvalue weighted by atomic mass is 16.5. The van der Waals surface area contributed by atoms with Gasteiger partial charge < -0.3 is 19.5 Å². The third kappa shape index (κ3) is 5.32. The van der Waals surface area contributed by atoms with E-state index in [0.717, 1.165) is 43.2 Å². The highest BCUT2D eigenvalue weighted by Gasteiger charge is 2.09. The molecule has 1 N–H and O–H groups in total. The highest BCUT2D eigenvalue weighted by molar-refractivity contribution is 5.46. The molecule has 0 bridgehead atoms. The molecule has 4 heteroatoms. The highest BCUT2D eigenvalue weighted by Crippen LogP contribution is 2.31. The van der Waals surface area contributed by atoms with Crippen LogP contribution >= 0.6 is 0 Å². The van der Waals surface area contributed by atoms with Crippen molar-refractivity contribution in [2.24, 2.45) is 0 Å². The monoisotopic (exact) mass is 265 g/mol. The van der Waals surface area contributed by atoms with Gasteiger partial charge in [-0.05, 0) is 19.0 Å². The topological polar surface area (TPSA) is 39.7 Å². The van der Waals surface area contributed by atoms with Crippen molar-refractivity contribution < 1.29 is 14.2 Å². The van der Waals surface area contributed by atoms with Gasteiger partial charge >= 0.3 is 0 Å². The standard InChI is InChI=1S/C15H23NO3/c1-4-10-19-15-13(7-5-8-14(15)18-3)12-16-9-6-11-17-2/h4-5,7-8,16H,1,6,9-12H2,2-3H3. The lowest BCUT2D eigenvalue weighted by Gasteiger charge is -2.14. The number of rotatable bonds is 10. The number of methoxy groups -OCH3 is 2. The van der Waals surface area contributed by atoms with Gasteiger partial charge in [0.25, 0.3) is 0 Å². The van der Waals surface area contributed by atoms with Crippen molar-refractivity contribution in [1.82, 2.24) is 5.32 Å². The van der Waals surface area contributed by atoms with Crippen LogP contribution in [0.25, 0.3) is 0 Å². The first kappa shape index (κ1) is 15.5. The van der Waals surface area contributed by atoms with Gasteiger partial charge in [0.15, 0.2) is 11.5 Å². The van der Waals surface area contributed by atoms with Gasteiger partial charge in [-0.15, -0.1) is 0 Å². The maximum atomic E-state index is 5.68. The van der Waals surface area contributed by atoms with Gasteiger partial charge in [-0.3, -0.25) is 0 Å². The summed E-state index contributed by atoms with van der Waals surface area (Å²) < 4.78 is 16.0. The number of benzene rings is 1. The number of hydrogen-bond acceptors (Lipinski definition) is 4. The molecule has 0 aliphatic carbocycles. The average Bonchev–Trinajstić information content (AvgIpc) is 2.45. The summed E-state index contributed by atoms with van der Waals surface area (Å²) in [7, 11) is 3.36. The summed E-state index contributed by atoms with van der Waals surface area (Å²) in [5.74, 6) is 1.53. The van der Waals surface area contributed by atoms with Crippen molar-refractivity contribution in [3.05, 3.63) is 36.4 Å². The number of ether oxygens (including phenoxy) is 3. The second kappa shape index (κ2) is 9.42. The van der Waals surface area contributed by atoms with Crippen LogP contribution in [0.4, 0.5) is 0 Å². The summed E-state index contributed by atoms with van der Waals surface area (Å²) in [5.41, 5.74) is 1.08. The Morgan fingerprint density at radius 1 is 1.32 bits per heavy atom. The van der Waals surface area contributed by atoms with Gasteiger partial charge in [-0.1, -0.05) is 24.8 Å². The fourth-order valence-electron chi connectivity index (χ4n) is 1.73. The lowest BCUT2D eigenvalue weighted by Crippen LogP contribution is -2.17. The molecule has 0 saturated heterocycles. The zero-order valence-corrected chi connectivity index (χ0v) is 11.8. The van der Waals surface area contributed by atoms with Gasteiger partial charge in [0.1, 0.15) is 6.61 Å². The summed E-state index contributed by atoms with van der Waals surface area (Å²) >= 11 is 0. The first-order chi connectivity index (χ1) is 9.33. The third-order valence-electron chi connectivity index (χ3n) is 2.64. The second-order valence-corrected chi connectivity index (χ2v) is 4.07. The summed E-state index contributed by atoms with van der Waals surface area (Å²) in [6.45, 7) is 6.55. The van der Waals surface area contributed by atoms with Gasteiger partial charge in [0.05, 0.1) is 7.11 Å². The van der Waals surface area contributed by atoms with Crippen LogP contribution in [-0.2, 0) is 11.3 Å². The Kier molecular flexibility index (Phi) is 7.70. The quantitative estimate of drug-likeness (QED) is 0.521. The van der Waals surface area contributed by atoms with Crippen molar-refractivity contribution in [3.8, 4) is 11.5 Å². The van der Waals surface area contributed by atoms with E-state index in [1.807, 2.05) is 18.2 Å².